The smallest absolute Gasteiger partial charge is 0.261 e. The Balaban J connectivity index is 0.00000261. The van der Waals surface area contributed by atoms with E-state index >= 15 is 0 Å². The average molecular weight is 409 g/mol. The largest absolute Gasteiger partial charge is 0.316 e. The first-order valence-corrected chi connectivity index (χ1v) is 10.8. The van der Waals surface area contributed by atoms with E-state index in [0.717, 1.165) is 31.0 Å². The summed E-state index contributed by atoms with van der Waals surface area (Å²) in [6.45, 7) is 6.26. The molecule has 2 aromatic carbocycles. The molecule has 1 saturated carbocycles. The van der Waals surface area contributed by atoms with Crippen LogP contribution in [0.5, 0.6) is 0 Å². The van der Waals surface area contributed by atoms with Crippen LogP contribution in [0.4, 0.5) is 5.69 Å². The lowest BCUT2D eigenvalue weighted by molar-refractivity contribution is 0.601. The summed E-state index contributed by atoms with van der Waals surface area (Å²) in [6, 6.07) is 14.7. The van der Waals surface area contributed by atoms with Crippen molar-refractivity contribution in [2.75, 3.05) is 17.8 Å². The quantitative estimate of drug-likeness (QED) is 0.597. The Morgan fingerprint density at radius 2 is 1.63 bits per heavy atom. The third-order valence-corrected chi connectivity index (χ3v) is 6.18. The third-order valence-electron chi connectivity index (χ3n) is 4.78. The minimum absolute atomic E-state index is 0. The summed E-state index contributed by atoms with van der Waals surface area (Å²) in [5.74, 6) is 1.27. The van der Waals surface area contributed by atoms with Gasteiger partial charge in [-0.05, 0) is 79.6 Å². The van der Waals surface area contributed by atoms with Gasteiger partial charge in [-0.2, -0.15) is 0 Å². The lowest BCUT2D eigenvalue weighted by Crippen LogP contribution is -2.19. The molecule has 6 heteroatoms. The molecule has 1 aliphatic rings. The molecule has 0 saturated heterocycles. The van der Waals surface area contributed by atoms with Crippen LogP contribution >= 0.6 is 12.4 Å². The van der Waals surface area contributed by atoms with Crippen molar-refractivity contribution in [1.82, 2.24) is 5.32 Å². The Morgan fingerprint density at radius 3 is 2.19 bits per heavy atom. The maximum Gasteiger partial charge on any atom is 0.261 e. The highest BCUT2D eigenvalue weighted by atomic mass is 35.5. The van der Waals surface area contributed by atoms with Crippen LogP contribution in [0.3, 0.4) is 0 Å². The van der Waals surface area contributed by atoms with E-state index in [0.29, 0.717) is 11.6 Å². The van der Waals surface area contributed by atoms with Gasteiger partial charge in [-0.1, -0.05) is 38.1 Å². The van der Waals surface area contributed by atoms with Crippen LogP contribution in [-0.4, -0.2) is 21.5 Å². The predicted molar refractivity (Wildman–Crippen MR) is 114 cm³/mol. The van der Waals surface area contributed by atoms with E-state index in [2.05, 4.69) is 23.9 Å². The molecule has 0 bridgehead atoms. The van der Waals surface area contributed by atoms with E-state index in [1.807, 2.05) is 36.4 Å². The Bertz CT molecular complexity index is 814. The number of anilines is 1. The summed E-state index contributed by atoms with van der Waals surface area (Å²) >= 11 is 0. The van der Waals surface area contributed by atoms with Gasteiger partial charge in [-0.3, -0.25) is 4.72 Å². The highest BCUT2D eigenvalue weighted by Gasteiger charge is 2.20. The topological polar surface area (TPSA) is 58.2 Å². The molecule has 1 aliphatic carbocycles. The summed E-state index contributed by atoms with van der Waals surface area (Å²) in [6.07, 6.45) is 3.68. The van der Waals surface area contributed by atoms with Crippen molar-refractivity contribution in [3.63, 3.8) is 0 Å². The number of halogens is 1. The molecule has 0 spiro atoms. The summed E-state index contributed by atoms with van der Waals surface area (Å²) in [7, 11) is -3.55. The Kier molecular flexibility index (Phi) is 7.71. The number of benzene rings is 2. The molecule has 27 heavy (non-hydrogen) atoms. The van der Waals surface area contributed by atoms with Crippen LogP contribution in [-0.2, 0) is 16.4 Å². The summed E-state index contributed by atoms with van der Waals surface area (Å²) in [5.41, 5.74) is 2.92. The fourth-order valence-electron chi connectivity index (χ4n) is 2.85. The molecule has 2 aromatic rings. The van der Waals surface area contributed by atoms with Gasteiger partial charge in [-0.15, -0.1) is 12.4 Å². The highest BCUT2D eigenvalue weighted by Crippen LogP contribution is 2.27. The number of nitrogens with one attached hydrogen (secondary N) is 2. The zero-order valence-electron chi connectivity index (χ0n) is 15.9. The SMILES string of the molecule is CC(C)c1ccc(S(=O)(=O)Nc2ccc(CCNCC3CC3)cc2)cc1.Cl. The van der Waals surface area contributed by atoms with Crippen molar-refractivity contribution in [2.45, 2.75) is 43.9 Å². The van der Waals surface area contributed by atoms with Crippen molar-refractivity contribution in [2.24, 2.45) is 5.92 Å². The summed E-state index contributed by atoms with van der Waals surface area (Å²) in [5, 5.41) is 3.47. The van der Waals surface area contributed by atoms with Crippen LogP contribution in [0, 0.1) is 5.92 Å². The standard InChI is InChI=1S/C21H28N2O2S.ClH/c1-16(2)19-7-11-21(12-8-19)26(24,25)23-20-9-5-17(6-10-20)13-14-22-15-18-3-4-18;/h5-12,16,18,22-23H,3-4,13-15H2,1-2H3;1H. The fourth-order valence-corrected chi connectivity index (χ4v) is 3.90. The molecule has 4 nitrogen and oxygen atoms in total. The molecule has 3 rings (SSSR count). The fraction of sp³-hybridized carbons (Fsp3) is 0.429. The van der Waals surface area contributed by atoms with Gasteiger partial charge in [0.05, 0.1) is 4.90 Å². The van der Waals surface area contributed by atoms with Crippen LogP contribution in [0.15, 0.2) is 53.4 Å². The van der Waals surface area contributed by atoms with E-state index in [1.165, 1.54) is 18.4 Å². The van der Waals surface area contributed by atoms with E-state index in [-0.39, 0.29) is 17.3 Å². The molecule has 0 aromatic heterocycles. The summed E-state index contributed by atoms with van der Waals surface area (Å²) in [4.78, 5) is 0.287. The molecule has 0 unspecified atom stereocenters. The number of hydrogen-bond acceptors (Lipinski definition) is 3. The van der Waals surface area contributed by atoms with Gasteiger partial charge in [0.25, 0.3) is 10.0 Å². The maximum absolute atomic E-state index is 12.5. The normalized spacial score (nSPS) is 14.0. The molecular weight excluding hydrogens is 380 g/mol. The lowest BCUT2D eigenvalue weighted by Gasteiger charge is -2.11. The van der Waals surface area contributed by atoms with Gasteiger partial charge < -0.3 is 5.32 Å². The molecule has 2 N–H and O–H groups in total. The van der Waals surface area contributed by atoms with Crippen molar-refractivity contribution in [1.29, 1.82) is 0 Å². The van der Waals surface area contributed by atoms with Gasteiger partial charge in [-0.25, -0.2) is 8.42 Å². The zero-order valence-corrected chi connectivity index (χ0v) is 17.6. The lowest BCUT2D eigenvalue weighted by atomic mass is 10.0. The number of hydrogen-bond donors (Lipinski definition) is 2. The molecule has 1 fully saturated rings. The van der Waals surface area contributed by atoms with E-state index in [1.54, 1.807) is 12.1 Å². The Morgan fingerprint density at radius 1 is 1.00 bits per heavy atom. The second-order valence-corrected chi connectivity index (χ2v) is 9.11. The predicted octanol–water partition coefficient (Wildman–Crippen LogP) is 4.57. The van der Waals surface area contributed by atoms with Crippen molar-refractivity contribution in [3.05, 3.63) is 59.7 Å². The van der Waals surface area contributed by atoms with Crippen LogP contribution in [0.1, 0.15) is 43.7 Å². The van der Waals surface area contributed by atoms with Crippen molar-refractivity contribution in [3.8, 4) is 0 Å². The monoisotopic (exact) mass is 408 g/mol. The van der Waals surface area contributed by atoms with Gasteiger partial charge in [0.15, 0.2) is 0 Å². The average Bonchev–Trinajstić information content (AvgIpc) is 3.44. The Hall–Kier alpha value is -1.56. The molecule has 0 heterocycles. The maximum atomic E-state index is 12.5. The van der Waals surface area contributed by atoms with E-state index in [9.17, 15) is 8.42 Å². The van der Waals surface area contributed by atoms with Crippen LogP contribution in [0.25, 0.3) is 0 Å². The molecular formula is C21H29ClN2O2S. The second-order valence-electron chi connectivity index (χ2n) is 7.42. The minimum atomic E-state index is -3.55. The van der Waals surface area contributed by atoms with Crippen molar-refractivity contribution < 1.29 is 8.42 Å². The molecule has 0 radical (unpaired) electrons. The number of sulfonamides is 1. The van der Waals surface area contributed by atoms with E-state index < -0.39 is 10.0 Å². The van der Waals surface area contributed by atoms with Crippen LogP contribution in [0.2, 0.25) is 0 Å². The number of rotatable bonds is 9. The van der Waals surface area contributed by atoms with Gasteiger partial charge in [0.2, 0.25) is 0 Å². The zero-order chi connectivity index (χ0) is 18.6. The van der Waals surface area contributed by atoms with Crippen molar-refractivity contribution >= 4 is 28.1 Å². The molecule has 0 aliphatic heterocycles. The second kappa shape index (κ2) is 9.58. The van der Waals surface area contributed by atoms with Gasteiger partial charge >= 0.3 is 0 Å². The summed E-state index contributed by atoms with van der Waals surface area (Å²) < 4.78 is 27.7. The molecule has 148 valence electrons. The first kappa shape index (κ1) is 21.7. The van der Waals surface area contributed by atoms with Gasteiger partial charge in [0, 0.05) is 5.69 Å². The van der Waals surface area contributed by atoms with E-state index in [4.69, 9.17) is 0 Å². The third kappa shape index (κ3) is 6.52. The molecule has 0 amide bonds. The first-order valence-electron chi connectivity index (χ1n) is 9.36. The minimum Gasteiger partial charge on any atom is -0.316 e. The molecule has 0 atom stereocenters. The highest BCUT2D eigenvalue weighted by molar-refractivity contribution is 7.92. The van der Waals surface area contributed by atoms with Crippen LogP contribution < -0.4 is 10.0 Å². The Labute approximate surface area is 169 Å². The van der Waals surface area contributed by atoms with Gasteiger partial charge in [0.1, 0.15) is 0 Å². The first-order chi connectivity index (χ1) is 12.4.